The van der Waals surface area contributed by atoms with Crippen molar-refractivity contribution in [1.29, 1.82) is 0 Å². The Bertz CT molecular complexity index is 2000. The molecule has 1 aliphatic rings. The van der Waals surface area contributed by atoms with Gasteiger partial charge in [0.1, 0.15) is 0 Å². The van der Waals surface area contributed by atoms with E-state index in [1.807, 2.05) is 6.07 Å². The van der Waals surface area contributed by atoms with Crippen LogP contribution in [0, 0.1) is 0 Å². The van der Waals surface area contributed by atoms with E-state index in [-0.39, 0.29) is 0 Å². The van der Waals surface area contributed by atoms with Crippen LogP contribution in [0.4, 0.5) is 17.1 Å². The second kappa shape index (κ2) is 9.42. The highest BCUT2D eigenvalue weighted by Gasteiger charge is 2.23. The molecule has 1 aromatic heterocycles. The first-order valence-corrected chi connectivity index (χ1v) is 14.2. The average molecular weight is 528 g/mol. The van der Waals surface area contributed by atoms with Gasteiger partial charge in [-0.05, 0) is 65.6 Å². The zero-order chi connectivity index (χ0) is 27.3. The molecule has 1 aliphatic heterocycles. The molecule has 0 bridgehead atoms. The van der Waals surface area contributed by atoms with Gasteiger partial charge in [0.2, 0.25) is 0 Å². The summed E-state index contributed by atoms with van der Waals surface area (Å²) in [6.07, 6.45) is 1.01. The minimum absolute atomic E-state index is 0.829. The summed E-state index contributed by atoms with van der Waals surface area (Å²) in [5.41, 5.74) is 19.1. The summed E-state index contributed by atoms with van der Waals surface area (Å²) in [6, 6.07) is 50.2. The summed E-state index contributed by atoms with van der Waals surface area (Å²) in [5.74, 6) is 0. The van der Waals surface area contributed by atoms with E-state index in [1.54, 1.807) is 0 Å². The highest BCUT2D eigenvalue weighted by molar-refractivity contribution is 6.11. The number of anilines is 3. The number of para-hydroxylation sites is 2. The molecular weight excluding hydrogens is 498 g/mol. The lowest BCUT2D eigenvalue weighted by Gasteiger charge is -2.21. The van der Waals surface area contributed by atoms with Gasteiger partial charge in [0.05, 0.1) is 16.7 Å². The third-order valence-electron chi connectivity index (χ3n) is 8.40. The van der Waals surface area contributed by atoms with Crippen LogP contribution < -0.4 is 10.6 Å². The third kappa shape index (κ3) is 3.81. The molecule has 0 fully saturated rings. The number of nitrogens with two attached hydrogens (primary N) is 1. The van der Waals surface area contributed by atoms with E-state index in [1.165, 1.54) is 66.7 Å². The van der Waals surface area contributed by atoms with Gasteiger partial charge in [0.15, 0.2) is 0 Å². The quantitative estimate of drug-likeness (QED) is 0.231. The van der Waals surface area contributed by atoms with Crippen LogP contribution in [0.25, 0.3) is 49.7 Å². The zero-order valence-electron chi connectivity index (χ0n) is 22.7. The molecular formula is C38H29N3. The van der Waals surface area contributed by atoms with E-state index in [9.17, 15) is 0 Å². The van der Waals surface area contributed by atoms with Crippen LogP contribution in [0.3, 0.4) is 0 Å². The summed E-state index contributed by atoms with van der Waals surface area (Å²) in [6.45, 7) is 0.956. The van der Waals surface area contributed by atoms with Gasteiger partial charge in [-0.15, -0.1) is 0 Å². The van der Waals surface area contributed by atoms with E-state index >= 15 is 0 Å². The number of rotatable bonds is 4. The first kappa shape index (κ1) is 23.6. The van der Waals surface area contributed by atoms with Gasteiger partial charge >= 0.3 is 0 Å². The highest BCUT2D eigenvalue weighted by atomic mass is 15.2. The molecule has 2 heterocycles. The van der Waals surface area contributed by atoms with Crippen molar-refractivity contribution in [3.05, 3.63) is 145 Å². The Morgan fingerprint density at radius 1 is 0.537 bits per heavy atom. The normalized spacial score (nSPS) is 12.7. The summed E-state index contributed by atoms with van der Waals surface area (Å²) < 4.78 is 2.47. The summed E-state index contributed by atoms with van der Waals surface area (Å²) >= 11 is 0. The van der Waals surface area contributed by atoms with Gasteiger partial charge < -0.3 is 15.2 Å². The van der Waals surface area contributed by atoms with Crippen LogP contribution in [0.15, 0.2) is 140 Å². The molecule has 7 aromatic rings. The van der Waals surface area contributed by atoms with E-state index in [4.69, 9.17) is 5.73 Å². The van der Waals surface area contributed by atoms with Crippen molar-refractivity contribution in [3.63, 3.8) is 0 Å². The summed E-state index contributed by atoms with van der Waals surface area (Å²) in [5, 5.41) is 2.51. The average Bonchev–Trinajstić information content (AvgIpc) is 3.60. The Balaban J connectivity index is 1.41. The predicted molar refractivity (Wildman–Crippen MR) is 173 cm³/mol. The molecule has 0 saturated heterocycles. The predicted octanol–water partition coefficient (Wildman–Crippen LogP) is 9.39. The second-order valence-corrected chi connectivity index (χ2v) is 10.8. The lowest BCUT2D eigenvalue weighted by atomic mass is 9.95. The van der Waals surface area contributed by atoms with E-state index in [2.05, 4.69) is 143 Å². The molecule has 3 nitrogen and oxygen atoms in total. The minimum atomic E-state index is 0.829. The molecule has 0 radical (unpaired) electrons. The zero-order valence-corrected chi connectivity index (χ0v) is 22.7. The number of nitrogen functional groups attached to an aromatic ring is 1. The molecule has 8 rings (SSSR count). The Hall–Kier alpha value is -5.28. The Kier molecular flexibility index (Phi) is 5.42. The largest absolute Gasteiger partial charge is 0.399 e. The fraction of sp³-hybridized carbons (Fsp3) is 0.0526. The molecule has 0 saturated carbocycles. The van der Waals surface area contributed by atoms with Gasteiger partial charge in [0.25, 0.3) is 0 Å². The molecule has 0 atom stereocenters. The lowest BCUT2D eigenvalue weighted by molar-refractivity contribution is 0.999. The maximum atomic E-state index is 6.10. The monoisotopic (exact) mass is 527 g/mol. The topological polar surface area (TPSA) is 34.2 Å². The third-order valence-corrected chi connectivity index (χ3v) is 8.40. The van der Waals surface area contributed by atoms with Gasteiger partial charge in [0, 0.05) is 45.5 Å². The number of nitrogens with zero attached hydrogens (tertiary/aromatic N) is 2. The van der Waals surface area contributed by atoms with E-state index in [0.29, 0.717) is 0 Å². The molecule has 0 spiro atoms. The molecule has 196 valence electrons. The molecule has 3 heteroatoms. The molecule has 0 aliphatic carbocycles. The van der Waals surface area contributed by atoms with Crippen LogP contribution in [-0.2, 0) is 6.42 Å². The maximum absolute atomic E-state index is 6.10. The van der Waals surface area contributed by atoms with Gasteiger partial charge in [-0.1, -0.05) is 97.1 Å². The SMILES string of the molecule is Nc1ccc2c(c1)CCN2c1ccc2c(c1)c1ccccc1n2-c1c(-c2ccccc2)cccc1-c1ccccc1. The molecule has 0 unspecified atom stereocenters. The van der Waals surface area contributed by atoms with Crippen molar-refractivity contribution in [2.45, 2.75) is 6.42 Å². The summed E-state index contributed by atoms with van der Waals surface area (Å²) in [4.78, 5) is 2.42. The minimum Gasteiger partial charge on any atom is -0.399 e. The van der Waals surface area contributed by atoms with Gasteiger partial charge in [-0.3, -0.25) is 0 Å². The first-order valence-electron chi connectivity index (χ1n) is 14.2. The Morgan fingerprint density at radius 2 is 1.20 bits per heavy atom. The molecule has 41 heavy (non-hydrogen) atoms. The van der Waals surface area contributed by atoms with Crippen LogP contribution in [0.1, 0.15) is 5.56 Å². The number of hydrogen-bond acceptors (Lipinski definition) is 2. The van der Waals surface area contributed by atoms with Crippen molar-refractivity contribution in [1.82, 2.24) is 4.57 Å². The van der Waals surface area contributed by atoms with Crippen LogP contribution in [0.5, 0.6) is 0 Å². The second-order valence-electron chi connectivity index (χ2n) is 10.8. The smallest absolute Gasteiger partial charge is 0.0618 e. The van der Waals surface area contributed by atoms with Crippen LogP contribution in [-0.4, -0.2) is 11.1 Å². The van der Waals surface area contributed by atoms with Crippen molar-refractivity contribution >= 4 is 38.9 Å². The highest BCUT2D eigenvalue weighted by Crippen LogP contribution is 2.43. The number of fused-ring (bicyclic) bond motifs is 4. The molecule has 0 amide bonds. The lowest BCUT2D eigenvalue weighted by Crippen LogP contribution is -2.13. The van der Waals surface area contributed by atoms with Crippen LogP contribution in [0.2, 0.25) is 0 Å². The van der Waals surface area contributed by atoms with Gasteiger partial charge in [-0.2, -0.15) is 0 Å². The summed E-state index contributed by atoms with van der Waals surface area (Å²) in [7, 11) is 0. The number of aromatic nitrogens is 1. The van der Waals surface area contributed by atoms with E-state index in [0.717, 1.165) is 18.7 Å². The fourth-order valence-corrected chi connectivity index (χ4v) is 6.55. The van der Waals surface area contributed by atoms with Gasteiger partial charge in [-0.25, -0.2) is 0 Å². The molecule has 6 aromatic carbocycles. The van der Waals surface area contributed by atoms with Crippen molar-refractivity contribution in [2.75, 3.05) is 17.2 Å². The number of benzene rings is 6. The first-order chi connectivity index (χ1) is 20.3. The van der Waals surface area contributed by atoms with Crippen molar-refractivity contribution < 1.29 is 0 Å². The fourth-order valence-electron chi connectivity index (χ4n) is 6.55. The van der Waals surface area contributed by atoms with E-state index < -0.39 is 0 Å². The van der Waals surface area contributed by atoms with Crippen LogP contribution >= 0.6 is 0 Å². The van der Waals surface area contributed by atoms with Crippen molar-refractivity contribution in [3.8, 4) is 27.9 Å². The number of hydrogen-bond donors (Lipinski definition) is 1. The Labute approximate surface area is 239 Å². The Morgan fingerprint density at radius 3 is 1.93 bits per heavy atom. The standard InChI is InChI=1S/C38H29N3/c39-29-18-20-35-28(24-29)22-23-40(35)30-19-21-37-34(25-30)33-14-7-8-17-36(33)41(37)38-31(26-10-3-1-4-11-26)15-9-16-32(38)27-12-5-2-6-13-27/h1-21,24-25H,22-23,39H2. The van der Waals surface area contributed by atoms with Crippen molar-refractivity contribution in [2.24, 2.45) is 0 Å². The maximum Gasteiger partial charge on any atom is 0.0618 e. The molecule has 2 N–H and O–H groups in total.